The highest BCUT2D eigenvalue weighted by atomic mass is 32.2. The predicted octanol–water partition coefficient (Wildman–Crippen LogP) is 4.92. The van der Waals surface area contributed by atoms with Gasteiger partial charge in [0.25, 0.3) is 0 Å². The summed E-state index contributed by atoms with van der Waals surface area (Å²) in [6, 6.07) is 16.0. The number of hydrogen-bond donors (Lipinski definition) is 1. The standard InChI is InChI=1S/C27H36N4O3S/c1-6-21-7-13-24(14-8-21)34-18-25-29-30-27(31(25)17-19(2)3)35-20(4)26(32)28-16-15-22-9-11-23(33-5)12-10-22/h7-14,19-20H,6,15-18H2,1-5H3,(H,28,32). The smallest absolute Gasteiger partial charge is 0.233 e. The molecule has 188 valence electrons. The summed E-state index contributed by atoms with van der Waals surface area (Å²) in [6.45, 7) is 9.99. The predicted molar refractivity (Wildman–Crippen MR) is 140 cm³/mol. The normalized spacial score (nSPS) is 11.9. The van der Waals surface area contributed by atoms with Gasteiger partial charge in [-0.1, -0.05) is 56.8 Å². The van der Waals surface area contributed by atoms with Crippen LogP contribution in [-0.4, -0.2) is 39.6 Å². The number of carbonyl (C=O) groups is 1. The first kappa shape index (κ1) is 26.6. The van der Waals surface area contributed by atoms with Gasteiger partial charge in [0.2, 0.25) is 5.91 Å². The van der Waals surface area contributed by atoms with Gasteiger partial charge >= 0.3 is 0 Å². The Labute approximate surface area is 212 Å². The van der Waals surface area contributed by atoms with E-state index in [9.17, 15) is 4.79 Å². The van der Waals surface area contributed by atoms with Crippen LogP contribution in [0.3, 0.4) is 0 Å². The largest absolute Gasteiger partial charge is 0.497 e. The van der Waals surface area contributed by atoms with E-state index in [1.165, 1.54) is 17.3 Å². The van der Waals surface area contributed by atoms with E-state index in [1.54, 1.807) is 7.11 Å². The lowest BCUT2D eigenvalue weighted by Crippen LogP contribution is -2.32. The first-order valence-electron chi connectivity index (χ1n) is 12.1. The van der Waals surface area contributed by atoms with Crippen LogP contribution in [0.25, 0.3) is 0 Å². The first-order chi connectivity index (χ1) is 16.9. The summed E-state index contributed by atoms with van der Waals surface area (Å²) in [5.74, 6) is 2.78. The number of hydrogen-bond acceptors (Lipinski definition) is 6. The molecule has 7 nitrogen and oxygen atoms in total. The third-order valence-corrected chi connectivity index (χ3v) is 6.64. The van der Waals surface area contributed by atoms with Crippen LogP contribution in [0.4, 0.5) is 0 Å². The van der Waals surface area contributed by atoms with Crippen molar-refractivity contribution in [2.45, 2.75) is 64.1 Å². The lowest BCUT2D eigenvalue weighted by molar-refractivity contribution is -0.120. The van der Waals surface area contributed by atoms with Crippen molar-refractivity contribution in [2.24, 2.45) is 5.92 Å². The van der Waals surface area contributed by atoms with Gasteiger partial charge in [0.15, 0.2) is 11.0 Å². The van der Waals surface area contributed by atoms with Crippen molar-refractivity contribution >= 4 is 17.7 Å². The quantitative estimate of drug-likeness (QED) is 0.338. The Kier molecular flexibility index (Phi) is 10.0. The average molecular weight is 497 g/mol. The van der Waals surface area contributed by atoms with E-state index in [2.05, 4.69) is 53.0 Å². The molecule has 1 aromatic heterocycles. The second-order valence-corrected chi connectivity index (χ2v) is 10.1. The summed E-state index contributed by atoms with van der Waals surface area (Å²) in [5.41, 5.74) is 2.42. The summed E-state index contributed by atoms with van der Waals surface area (Å²) in [4.78, 5) is 12.7. The van der Waals surface area contributed by atoms with Gasteiger partial charge in [-0.15, -0.1) is 10.2 Å². The van der Waals surface area contributed by atoms with Crippen LogP contribution in [0, 0.1) is 5.92 Å². The van der Waals surface area contributed by atoms with E-state index in [4.69, 9.17) is 9.47 Å². The minimum atomic E-state index is -0.295. The fourth-order valence-electron chi connectivity index (χ4n) is 3.51. The summed E-state index contributed by atoms with van der Waals surface area (Å²) >= 11 is 1.42. The van der Waals surface area contributed by atoms with Gasteiger partial charge in [0.05, 0.1) is 12.4 Å². The van der Waals surface area contributed by atoms with Gasteiger partial charge in [0, 0.05) is 13.1 Å². The number of carbonyl (C=O) groups excluding carboxylic acids is 1. The molecule has 0 radical (unpaired) electrons. The topological polar surface area (TPSA) is 78.3 Å². The molecule has 3 aromatic rings. The Bertz CT molecular complexity index is 1070. The molecule has 35 heavy (non-hydrogen) atoms. The van der Waals surface area contributed by atoms with Crippen LogP contribution in [0.1, 0.15) is 44.6 Å². The SMILES string of the molecule is CCc1ccc(OCc2nnc(SC(C)C(=O)NCCc3ccc(OC)cc3)n2CC(C)C)cc1. The minimum Gasteiger partial charge on any atom is -0.497 e. The number of aromatic nitrogens is 3. The van der Waals surface area contributed by atoms with Crippen molar-refractivity contribution in [3.05, 3.63) is 65.5 Å². The van der Waals surface area contributed by atoms with E-state index in [-0.39, 0.29) is 11.2 Å². The lowest BCUT2D eigenvalue weighted by Gasteiger charge is -2.15. The van der Waals surface area contributed by atoms with Crippen LogP contribution < -0.4 is 14.8 Å². The van der Waals surface area contributed by atoms with Gasteiger partial charge in [-0.3, -0.25) is 4.79 Å². The number of aryl methyl sites for hydroxylation is 1. The Morgan fingerprint density at radius 2 is 1.66 bits per heavy atom. The molecule has 2 aromatic carbocycles. The molecule has 0 aliphatic carbocycles. The molecule has 3 rings (SSSR count). The van der Waals surface area contributed by atoms with Crippen molar-refractivity contribution in [2.75, 3.05) is 13.7 Å². The maximum atomic E-state index is 12.7. The molecule has 0 spiro atoms. The number of nitrogens with one attached hydrogen (secondary N) is 1. The summed E-state index contributed by atoms with van der Waals surface area (Å²) in [7, 11) is 1.65. The zero-order chi connectivity index (χ0) is 25.2. The maximum absolute atomic E-state index is 12.7. The summed E-state index contributed by atoms with van der Waals surface area (Å²) in [6.07, 6.45) is 1.76. The molecule has 1 atom stereocenters. The van der Waals surface area contributed by atoms with Crippen LogP contribution >= 0.6 is 11.8 Å². The molecular weight excluding hydrogens is 460 g/mol. The molecule has 0 aliphatic rings. The molecule has 0 aliphatic heterocycles. The van der Waals surface area contributed by atoms with E-state index < -0.39 is 0 Å². The Balaban J connectivity index is 1.56. The molecule has 8 heteroatoms. The van der Waals surface area contributed by atoms with Gasteiger partial charge < -0.3 is 19.4 Å². The van der Waals surface area contributed by atoms with Crippen molar-refractivity contribution < 1.29 is 14.3 Å². The second kappa shape index (κ2) is 13.2. The highest BCUT2D eigenvalue weighted by molar-refractivity contribution is 8.00. The number of rotatable bonds is 13. The lowest BCUT2D eigenvalue weighted by atomic mass is 10.1. The number of nitrogens with zero attached hydrogens (tertiary/aromatic N) is 3. The Morgan fingerprint density at radius 3 is 2.29 bits per heavy atom. The van der Waals surface area contributed by atoms with Crippen molar-refractivity contribution in [1.82, 2.24) is 20.1 Å². The number of benzene rings is 2. The maximum Gasteiger partial charge on any atom is 0.233 e. The van der Waals surface area contributed by atoms with Crippen LogP contribution in [0.5, 0.6) is 11.5 Å². The highest BCUT2D eigenvalue weighted by Crippen LogP contribution is 2.24. The first-order valence-corrected chi connectivity index (χ1v) is 13.0. The molecule has 0 saturated heterocycles. The molecule has 0 saturated carbocycles. The van der Waals surface area contributed by atoms with Gasteiger partial charge in [-0.25, -0.2) is 0 Å². The van der Waals surface area contributed by atoms with Crippen molar-refractivity contribution in [3.8, 4) is 11.5 Å². The third kappa shape index (κ3) is 8.02. The molecule has 0 fully saturated rings. The molecule has 0 bridgehead atoms. The zero-order valence-corrected chi connectivity index (χ0v) is 22.1. The second-order valence-electron chi connectivity index (χ2n) is 8.84. The summed E-state index contributed by atoms with van der Waals surface area (Å²) < 4.78 is 13.2. The minimum absolute atomic E-state index is 0.0172. The third-order valence-electron chi connectivity index (χ3n) is 5.56. The van der Waals surface area contributed by atoms with Crippen molar-refractivity contribution in [3.63, 3.8) is 0 Å². The summed E-state index contributed by atoms with van der Waals surface area (Å²) in [5, 5.41) is 12.2. The number of amides is 1. The van der Waals surface area contributed by atoms with E-state index >= 15 is 0 Å². The monoisotopic (exact) mass is 496 g/mol. The molecule has 1 N–H and O–H groups in total. The fraction of sp³-hybridized carbons (Fsp3) is 0.444. The Hall–Kier alpha value is -3.00. The number of methoxy groups -OCH3 is 1. The van der Waals surface area contributed by atoms with E-state index in [0.717, 1.165) is 47.4 Å². The van der Waals surface area contributed by atoms with Crippen LogP contribution in [0.2, 0.25) is 0 Å². The average Bonchev–Trinajstić information content (AvgIpc) is 3.23. The molecular formula is C27H36N4O3S. The van der Waals surface area contributed by atoms with Gasteiger partial charge in [-0.05, 0) is 61.1 Å². The molecule has 1 heterocycles. The zero-order valence-electron chi connectivity index (χ0n) is 21.3. The van der Waals surface area contributed by atoms with Gasteiger partial charge in [0.1, 0.15) is 18.1 Å². The fourth-order valence-corrected chi connectivity index (χ4v) is 4.41. The number of thioether (sulfide) groups is 1. The van der Waals surface area contributed by atoms with Gasteiger partial charge in [-0.2, -0.15) is 0 Å². The molecule has 1 amide bonds. The van der Waals surface area contributed by atoms with E-state index in [0.29, 0.717) is 19.1 Å². The van der Waals surface area contributed by atoms with E-state index in [1.807, 2.05) is 43.3 Å². The van der Waals surface area contributed by atoms with Crippen LogP contribution in [0.15, 0.2) is 53.7 Å². The van der Waals surface area contributed by atoms with Crippen LogP contribution in [-0.2, 0) is 30.8 Å². The van der Waals surface area contributed by atoms with Crippen molar-refractivity contribution in [1.29, 1.82) is 0 Å². The highest BCUT2D eigenvalue weighted by Gasteiger charge is 2.21. The molecule has 1 unspecified atom stereocenters. The number of ether oxygens (including phenoxy) is 2. The Morgan fingerprint density at radius 1 is 1.00 bits per heavy atom.